The van der Waals surface area contributed by atoms with Gasteiger partial charge in [-0.3, -0.25) is 0 Å². The van der Waals surface area contributed by atoms with Gasteiger partial charge in [0.25, 0.3) is 0 Å². The highest BCUT2D eigenvalue weighted by Crippen LogP contribution is 2.07. The third-order valence-corrected chi connectivity index (χ3v) is 3.60. The average Bonchev–Trinajstić information content (AvgIpc) is 3.28. The van der Waals surface area contributed by atoms with Crippen LogP contribution >= 0.6 is 0 Å². The van der Waals surface area contributed by atoms with Crippen molar-refractivity contribution in [2.24, 2.45) is 0 Å². The molecule has 0 aliphatic rings. The highest BCUT2D eigenvalue weighted by atomic mass is 16.3. The van der Waals surface area contributed by atoms with E-state index >= 15 is 0 Å². The van der Waals surface area contributed by atoms with Crippen LogP contribution in [0, 0.1) is 0 Å². The van der Waals surface area contributed by atoms with Crippen LogP contribution in [0.1, 0.15) is 16.9 Å². The molecule has 24 heavy (non-hydrogen) atoms. The largest absolute Gasteiger partial charge is 0.467 e. The second-order valence-corrected chi connectivity index (χ2v) is 5.50. The van der Waals surface area contributed by atoms with Gasteiger partial charge in [-0.25, -0.2) is 14.5 Å². The predicted molar refractivity (Wildman–Crippen MR) is 88.0 cm³/mol. The van der Waals surface area contributed by atoms with Gasteiger partial charge >= 0.3 is 6.03 Å². The van der Waals surface area contributed by atoms with Crippen molar-refractivity contribution in [3.05, 3.63) is 72.2 Å². The van der Waals surface area contributed by atoms with E-state index in [0.717, 1.165) is 16.9 Å². The Labute approximate surface area is 139 Å². The summed E-state index contributed by atoms with van der Waals surface area (Å²) in [5, 5.41) is 6.97. The number of urea groups is 1. The summed E-state index contributed by atoms with van der Waals surface area (Å²) in [6, 6.07) is 11.6. The van der Waals surface area contributed by atoms with Crippen molar-refractivity contribution in [2.45, 2.75) is 19.6 Å². The van der Waals surface area contributed by atoms with Crippen molar-refractivity contribution in [3.8, 4) is 0 Å². The predicted octanol–water partition coefficient (Wildman–Crippen LogP) is 2.26. The molecule has 7 heteroatoms. The van der Waals surface area contributed by atoms with Crippen LogP contribution < -0.4 is 5.32 Å². The van der Waals surface area contributed by atoms with Crippen LogP contribution in [0.3, 0.4) is 0 Å². The Bertz CT molecular complexity index is 751. The van der Waals surface area contributed by atoms with Crippen molar-refractivity contribution in [2.75, 3.05) is 7.05 Å². The maximum absolute atomic E-state index is 12.1. The quantitative estimate of drug-likeness (QED) is 0.754. The molecular weight excluding hydrogens is 306 g/mol. The second kappa shape index (κ2) is 7.45. The molecule has 0 radical (unpaired) electrons. The zero-order valence-corrected chi connectivity index (χ0v) is 13.4. The van der Waals surface area contributed by atoms with Gasteiger partial charge in [-0.2, -0.15) is 5.10 Å². The summed E-state index contributed by atoms with van der Waals surface area (Å²) >= 11 is 0. The molecule has 0 aliphatic carbocycles. The fraction of sp³-hybridized carbons (Fsp3) is 0.235. The third kappa shape index (κ3) is 4.22. The highest BCUT2D eigenvalue weighted by Gasteiger charge is 2.10. The first-order chi connectivity index (χ1) is 11.7. The number of nitrogens with zero attached hydrogens (tertiary/aromatic N) is 4. The van der Waals surface area contributed by atoms with Crippen molar-refractivity contribution in [3.63, 3.8) is 0 Å². The summed E-state index contributed by atoms with van der Waals surface area (Å²) in [6.07, 6.45) is 4.80. The van der Waals surface area contributed by atoms with Crippen LogP contribution in [0.2, 0.25) is 0 Å². The minimum Gasteiger partial charge on any atom is -0.467 e. The first kappa shape index (κ1) is 15.8. The molecule has 0 saturated heterocycles. The smallest absolute Gasteiger partial charge is 0.317 e. The minimum absolute atomic E-state index is 0.141. The van der Waals surface area contributed by atoms with Gasteiger partial charge in [0.15, 0.2) is 0 Å². The number of nitrogens with one attached hydrogen (secondary N) is 1. The van der Waals surface area contributed by atoms with E-state index in [1.54, 1.807) is 29.2 Å². The Kier molecular flexibility index (Phi) is 4.90. The molecular formula is C17H19N5O2. The number of carbonyl (C=O) groups excluding carboxylic acids is 1. The van der Waals surface area contributed by atoms with Crippen LogP contribution in [0.4, 0.5) is 4.79 Å². The molecule has 0 bridgehead atoms. The van der Waals surface area contributed by atoms with E-state index in [0.29, 0.717) is 19.6 Å². The number of hydrogen-bond donors (Lipinski definition) is 1. The molecule has 0 aliphatic heterocycles. The van der Waals surface area contributed by atoms with E-state index in [9.17, 15) is 4.79 Å². The van der Waals surface area contributed by atoms with Gasteiger partial charge in [-0.05, 0) is 23.3 Å². The van der Waals surface area contributed by atoms with E-state index in [2.05, 4.69) is 15.4 Å². The molecule has 0 spiro atoms. The SMILES string of the molecule is CN(Cc1ccco1)C(=O)NCc1ccc(Cn2cncn2)cc1. The second-order valence-electron chi connectivity index (χ2n) is 5.50. The van der Waals surface area contributed by atoms with E-state index in [1.807, 2.05) is 36.4 Å². The topological polar surface area (TPSA) is 76.2 Å². The van der Waals surface area contributed by atoms with Crippen molar-refractivity contribution >= 4 is 6.03 Å². The van der Waals surface area contributed by atoms with Crippen LogP contribution in [0.25, 0.3) is 0 Å². The number of aromatic nitrogens is 3. The molecule has 0 atom stereocenters. The maximum Gasteiger partial charge on any atom is 0.317 e. The summed E-state index contributed by atoms with van der Waals surface area (Å²) in [7, 11) is 1.74. The minimum atomic E-state index is -0.141. The zero-order chi connectivity index (χ0) is 16.8. The van der Waals surface area contributed by atoms with Crippen LogP contribution in [-0.4, -0.2) is 32.7 Å². The Hall–Kier alpha value is -3.09. The number of hydrogen-bond acceptors (Lipinski definition) is 4. The monoisotopic (exact) mass is 325 g/mol. The zero-order valence-electron chi connectivity index (χ0n) is 13.4. The fourth-order valence-electron chi connectivity index (χ4n) is 2.28. The van der Waals surface area contributed by atoms with Gasteiger partial charge in [0.05, 0.1) is 19.4 Å². The van der Waals surface area contributed by atoms with Gasteiger partial charge in [0.1, 0.15) is 18.4 Å². The van der Waals surface area contributed by atoms with Crippen molar-refractivity contribution in [1.29, 1.82) is 0 Å². The molecule has 0 unspecified atom stereocenters. The summed E-state index contributed by atoms with van der Waals surface area (Å²) in [6.45, 7) is 1.60. The Morgan fingerprint density at radius 1 is 1.25 bits per heavy atom. The molecule has 0 fully saturated rings. The average molecular weight is 325 g/mol. The number of amides is 2. The van der Waals surface area contributed by atoms with Crippen molar-refractivity contribution in [1.82, 2.24) is 25.0 Å². The Balaban J connectivity index is 1.48. The van der Waals surface area contributed by atoms with Crippen molar-refractivity contribution < 1.29 is 9.21 Å². The number of furan rings is 1. The molecule has 0 saturated carbocycles. The summed E-state index contributed by atoms with van der Waals surface area (Å²) in [4.78, 5) is 17.6. The van der Waals surface area contributed by atoms with Crippen LogP contribution in [0.15, 0.2) is 59.7 Å². The first-order valence-corrected chi connectivity index (χ1v) is 7.62. The lowest BCUT2D eigenvalue weighted by molar-refractivity contribution is 0.202. The molecule has 1 N–H and O–H groups in total. The van der Waals surface area contributed by atoms with Gasteiger partial charge in [-0.1, -0.05) is 24.3 Å². The normalized spacial score (nSPS) is 10.5. The molecule has 3 rings (SSSR count). The number of benzene rings is 1. The summed E-state index contributed by atoms with van der Waals surface area (Å²) in [5.74, 6) is 0.755. The number of carbonyl (C=O) groups is 1. The van der Waals surface area contributed by atoms with Gasteiger partial charge < -0.3 is 14.6 Å². The van der Waals surface area contributed by atoms with E-state index in [-0.39, 0.29) is 6.03 Å². The molecule has 2 amide bonds. The first-order valence-electron chi connectivity index (χ1n) is 7.62. The fourth-order valence-corrected chi connectivity index (χ4v) is 2.28. The molecule has 7 nitrogen and oxygen atoms in total. The lowest BCUT2D eigenvalue weighted by atomic mass is 10.1. The lowest BCUT2D eigenvalue weighted by Crippen LogP contribution is -2.36. The summed E-state index contributed by atoms with van der Waals surface area (Å²) < 4.78 is 7.00. The molecule has 1 aromatic carbocycles. The summed E-state index contributed by atoms with van der Waals surface area (Å²) in [5.41, 5.74) is 2.17. The van der Waals surface area contributed by atoms with E-state index in [1.165, 1.54) is 6.33 Å². The van der Waals surface area contributed by atoms with Gasteiger partial charge in [0.2, 0.25) is 0 Å². The maximum atomic E-state index is 12.1. The van der Waals surface area contributed by atoms with Crippen LogP contribution in [-0.2, 0) is 19.6 Å². The molecule has 2 heterocycles. The molecule has 2 aromatic heterocycles. The highest BCUT2D eigenvalue weighted by molar-refractivity contribution is 5.73. The van der Waals surface area contributed by atoms with Crippen LogP contribution in [0.5, 0.6) is 0 Å². The molecule has 124 valence electrons. The van der Waals surface area contributed by atoms with E-state index in [4.69, 9.17) is 4.42 Å². The van der Waals surface area contributed by atoms with E-state index < -0.39 is 0 Å². The third-order valence-electron chi connectivity index (χ3n) is 3.60. The Morgan fingerprint density at radius 2 is 2.04 bits per heavy atom. The molecule has 3 aromatic rings. The Morgan fingerprint density at radius 3 is 2.71 bits per heavy atom. The lowest BCUT2D eigenvalue weighted by Gasteiger charge is -2.16. The number of rotatable bonds is 6. The standard InChI is InChI=1S/C17H19N5O2/c1-21(11-16-3-2-8-24-16)17(23)19-9-14-4-6-15(7-5-14)10-22-13-18-12-20-22/h2-8,12-13H,9-11H2,1H3,(H,19,23). The van der Waals surface area contributed by atoms with Gasteiger partial charge in [-0.15, -0.1) is 0 Å². The van der Waals surface area contributed by atoms with Gasteiger partial charge in [0, 0.05) is 13.6 Å².